The molecular formula is C21H17N. The summed E-state index contributed by atoms with van der Waals surface area (Å²) in [5.74, 6) is 0. The Morgan fingerprint density at radius 2 is 1.32 bits per heavy atom. The molecule has 0 bridgehead atoms. The third-order valence-corrected chi connectivity index (χ3v) is 4.92. The van der Waals surface area contributed by atoms with Crippen molar-refractivity contribution in [1.29, 1.82) is 0 Å². The van der Waals surface area contributed by atoms with E-state index < -0.39 is 0 Å². The van der Waals surface area contributed by atoms with E-state index in [2.05, 4.69) is 54.6 Å². The highest BCUT2D eigenvalue weighted by Crippen LogP contribution is 2.29. The van der Waals surface area contributed by atoms with E-state index in [1.54, 1.807) is 0 Å². The van der Waals surface area contributed by atoms with Crippen LogP contribution in [0.5, 0.6) is 0 Å². The number of rotatable bonds is 0. The first-order valence-electron chi connectivity index (χ1n) is 8.12. The summed E-state index contributed by atoms with van der Waals surface area (Å²) in [6, 6.07) is 20.1. The van der Waals surface area contributed by atoms with E-state index in [4.69, 9.17) is 4.98 Å². The summed E-state index contributed by atoms with van der Waals surface area (Å²) in [6.45, 7) is 0. The minimum atomic E-state index is 1.14. The molecule has 0 aliphatic heterocycles. The van der Waals surface area contributed by atoms with Crippen molar-refractivity contribution in [3.8, 4) is 0 Å². The summed E-state index contributed by atoms with van der Waals surface area (Å²) >= 11 is 0. The molecule has 0 saturated carbocycles. The lowest BCUT2D eigenvalue weighted by molar-refractivity contribution is 0.671. The molecule has 0 atom stereocenters. The minimum Gasteiger partial charge on any atom is -0.253 e. The van der Waals surface area contributed by atoms with E-state index in [1.165, 1.54) is 57.5 Å². The maximum atomic E-state index is 4.95. The van der Waals surface area contributed by atoms with Gasteiger partial charge in [0.15, 0.2) is 0 Å². The summed E-state index contributed by atoms with van der Waals surface area (Å²) in [7, 11) is 0. The van der Waals surface area contributed by atoms with Gasteiger partial charge < -0.3 is 0 Å². The first-order chi connectivity index (χ1) is 10.9. The lowest BCUT2D eigenvalue weighted by Gasteiger charge is -2.15. The second-order valence-corrected chi connectivity index (χ2v) is 6.39. The highest BCUT2D eigenvalue weighted by Gasteiger charge is 2.12. The first kappa shape index (κ1) is 12.2. The molecular weight excluding hydrogens is 266 g/mol. The van der Waals surface area contributed by atoms with Gasteiger partial charge in [0, 0.05) is 11.1 Å². The fourth-order valence-electron chi connectivity index (χ4n) is 3.74. The monoisotopic (exact) mass is 283 g/mol. The van der Waals surface area contributed by atoms with Crippen molar-refractivity contribution >= 4 is 32.4 Å². The highest BCUT2D eigenvalue weighted by molar-refractivity contribution is 6.03. The van der Waals surface area contributed by atoms with Crippen molar-refractivity contribution in [2.24, 2.45) is 0 Å². The molecule has 0 unspecified atom stereocenters. The number of hydrogen-bond donors (Lipinski definition) is 0. The van der Waals surface area contributed by atoms with Crippen LogP contribution >= 0.6 is 0 Å². The van der Waals surface area contributed by atoms with Crippen molar-refractivity contribution in [1.82, 2.24) is 4.98 Å². The summed E-state index contributed by atoms with van der Waals surface area (Å²) < 4.78 is 0. The fourth-order valence-corrected chi connectivity index (χ4v) is 3.74. The van der Waals surface area contributed by atoms with Gasteiger partial charge in [-0.05, 0) is 83.1 Å². The van der Waals surface area contributed by atoms with Crippen LogP contribution in [0.25, 0.3) is 32.4 Å². The van der Waals surface area contributed by atoms with Crippen molar-refractivity contribution in [3.63, 3.8) is 0 Å². The normalized spacial score (nSPS) is 14.5. The molecule has 1 aliphatic rings. The van der Waals surface area contributed by atoms with Gasteiger partial charge in [0.2, 0.25) is 0 Å². The van der Waals surface area contributed by atoms with Gasteiger partial charge in [-0.1, -0.05) is 24.3 Å². The van der Waals surface area contributed by atoms with Crippen molar-refractivity contribution in [3.05, 3.63) is 65.9 Å². The van der Waals surface area contributed by atoms with Gasteiger partial charge in [0.05, 0.1) is 5.52 Å². The van der Waals surface area contributed by atoms with Crippen LogP contribution in [0, 0.1) is 0 Å². The molecule has 3 aromatic carbocycles. The Bertz CT molecular complexity index is 947. The van der Waals surface area contributed by atoms with E-state index in [1.807, 2.05) is 0 Å². The Morgan fingerprint density at radius 3 is 2.14 bits per heavy atom. The zero-order valence-electron chi connectivity index (χ0n) is 12.5. The van der Waals surface area contributed by atoms with Gasteiger partial charge in [-0.3, -0.25) is 4.98 Å². The summed E-state index contributed by atoms with van der Waals surface area (Å²) in [6.07, 6.45) is 4.91. The first-order valence-corrected chi connectivity index (χ1v) is 8.12. The molecule has 1 aromatic heterocycles. The van der Waals surface area contributed by atoms with E-state index >= 15 is 0 Å². The van der Waals surface area contributed by atoms with Gasteiger partial charge >= 0.3 is 0 Å². The number of aromatic nitrogens is 1. The summed E-state index contributed by atoms with van der Waals surface area (Å²) in [5.41, 5.74) is 3.92. The number of hydrogen-bond acceptors (Lipinski definition) is 1. The average molecular weight is 283 g/mol. The van der Waals surface area contributed by atoms with E-state index in [0.717, 1.165) is 11.9 Å². The molecule has 1 heteroatoms. The topological polar surface area (TPSA) is 12.9 Å². The number of fused-ring (bicyclic) bond motifs is 4. The van der Waals surface area contributed by atoms with E-state index in [9.17, 15) is 0 Å². The Kier molecular flexibility index (Phi) is 2.51. The standard InChI is InChI=1S/C21H17N/c1-2-6-15-10-18-13-21-19(12-17(18)9-14(15)5-1)11-16-7-3-4-8-20(16)22-21/h1-2,5-6,9-13H,3-4,7-8H2. The molecule has 106 valence electrons. The van der Waals surface area contributed by atoms with E-state index in [-0.39, 0.29) is 0 Å². The van der Waals surface area contributed by atoms with E-state index in [0.29, 0.717) is 0 Å². The zero-order valence-corrected chi connectivity index (χ0v) is 12.5. The Morgan fingerprint density at radius 1 is 0.636 bits per heavy atom. The molecule has 1 aliphatic carbocycles. The molecule has 0 spiro atoms. The molecule has 0 amide bonds. The number of benzene rings is 3. The SMILES string of the molecule is c1ccc2cc3cc4nc5c(cc4cc3cc2c1)CCCC5. The molecule has 1 nitrogen and oxygen atoms in total. The zero-order chi connectivity index (χ0) is 14.5. The Hall–Kier alpha value is -2.41. The van der Waals surface area contributed by atoms with Gasteiger partial charge in [0.1, 0.15) is 0 Å². The number of aryl methyl sites for hydroxylation is 2. The molecule has 22 heavy (non-hydrogen) atoms. The summed E-state index contributed by atoms with van der Waals surface area (Å²) in [5, 5.41) is 6.48. The van der Waals surface area contributed by atoms with Crippen LogP contribution in [0.1, 0.15) is 24.1 Å². The number of pyridine rings is 1. The van der Waals surface area contributed by atoms with Crippen LogP contribution in [0.3, 0.4) is 0 Å². The summed E-state index contributed by atoms with van der Waals surface area (Å²) in [4.78, 5) is 4.95. The molecule has 5 rings (SSSR count). The smallest absolute Gasteiger partial charge is 0.0711 e. The van der Waals surface area contributed by atoms with Crippen molar-refractivity contribution in [2.75, 3.05) is 0 Å². The third kappa shape index (κ3) is 1.82. The van der Waals surface area contributed by atoms with Crippen LogP contribution < -0.4 is 0 Å². The molecule has 4 aromatic rings. The van der Waals surface area contributed by atoms with Crippen LogP contribution in [0.4, 0.5) is 0 Å². The maximum Gasteiger partial charge on any atom is 0.0711 e. The van der Waals surface area contributed by atoms with Crippen molar-refractivity contribution in [2.45, 2.75) is 25.7 Å². The Balaban J connectivity index is 1.84. The van der Waals surface area contributed by atoms with Gasteiger partial charge in [-0.2, -0.15) is 0 Å². The molecule has 0 radical (unpaired) electrons. The second-order valence-electron chi connectivity index (χ2n) is 6.39. The van der Waals surface area contributed by atoms with Gasteiger partial charge in [0.25, 0.3) is 0 Å². The second kappa shape index (κ2) is 4.54. The third-order valence-electron chi connectivity index (χ3n) is 4.92. The lowest BCUT2D eigenvalue weighted by Crippen LogP contribution is -2.05. The average Bonchev–Trinajstić information content (AvgIpc) is 2.56. The van der Waals surface area contributed by atoms with Crippen LogP contribution in [0.15, 0.2) is 54.6 Å². The minimum absolute atomic E-state index is 1.14. The molecule has 0 fully saturated rings. The predicted molar refractivity (Wildman–Crippen MR) is 93.4 cm³/mol. The van der Waals surface area contributed by atoms with Crippen LogP contribution in [-0.4, -0.2) is 4.98 Å². The predicted octanol–water partition coefficient (Wildman–Crippen LogP) is 5.42. The molecule has 0 saturated heterocycles. The lowest BCUT2D eigenvalue weighted by atomic mass is 9.94. The highest BCUT2D eigenvalue weighted by atomic mass is 14.7. The van der Waals surface area contributed by atoms with Gasteiger partial charge in [-0.25, -0.2) is 0 Å². The number of nitrogens with zero attached hydrogens (tertiary/aromatic N) is 1. The molecule has 1 heterocycles. The van der Waals surface area contributed by atoms with Crippen LogP contribution in [-0.2, 0) is 12.8 Å². The van der Waals surface area contributed by atoms with Crippen LogP contribution in [0.2, 0.25) is 0 Å². The molecule has 0 N–H and O–H groups in total. The quantitative estimate of drug-likeness (QED) is 0.393. The fraction of sp³-hybridized carbons (Fsp3) is 0.190. The maximum absolute atomic E-state index is 4.95. The Labute approximate surface area is 129 Å². The largest absolute Gasteiger partial charge is 0.253 e. The van der Waals surface area contributed by atoms with Gasteiger partial charge in [-0.15, -0.1) is 0 Å². The van der Waals surface area contributed by atoms with Crippen molar-refractivity contribution < 1.29 is 0 Å².